The lowest BCUT2D eigenvalue weighted by molar-refractivity contribution is -0.144. The van der Waals surface area contributed by atoms with E-state index in [2.05, 4.69) is 15.9 Å². The van der Waals surface area contributed by atoms with Crippen LogP contribution in [0.25, 0.3) is 4.91 Å². The Morgan fingerprint density at radius 3 is 2.28 bits per heavy atom. The molecule has 1 N–H and O–H groups in total. The number of carbonyl (C=O) groups is 2. The SMILES string of the molecule is CC1(O)C(=O)C2=CSC(c3ccc(C(F)(F)F)cc3)=CC2=C(Br)C1=O. The molecule has 1 aromatic rings. The van der Waals surface area contributed by atoms with Crippen LogP contribution < -0.4 is 0 Å². The zero-order valence-electron chi connectivity index (χ0n) is 12.6. The fourth-order valence-electron chi connectivity index (χ4n) is 2.46. The van der Waals surface area contributed by atoms with Crippen molar-refractivity contribution in [1.29, 1.82) is 0 Å². The molecule has 0 saturated heterocycles. The van der Waals surface area contributed by atoms with E-state index < -0.39 is 28.9 Å². The molecule has 0 saturated carbocycles. The van der Waals surface area contributed by atoms with Gasteiger partial charge in [-0.2, -0.15) is 13.2 Å². The minimum atomic E-state index is -4.42. The normalized spacial score (nSPS) is 24.1. The molecule has 8 heteroatoms. The molecule has 0 fully saturated rings. The molecule has 130 valence electrons. The van der Waals surface area contributed by atoms with E-state index in [9.17, 15) is 27.9 Å². The highest BCUT2D eigenvalue weighted by Crippen LogP contribution is 2.44. The van der Waals surface area contributed by atoms with Gasteiger partial charge >= 0.3 is 6.18 Å². The Kier molecular flexibility index (Phi) is 4.33. The zero-order chi connectivity index (χ0) is 18.6. The van der Waals surface area contributed by atoms with E-state index in [1.54, 1.807) is 6.08 Å². The Bertz CT molecular complexity index is 877. The molecule has 0 aromatic heterocycles. The van der Waals surface area contributed by atoms with Crippen LogP contribution in [0.15, 0.2) is 51.4 Å². The van der Waals surface area contributed by atoms with Crippen LogP contribution in [0.1, 0.15) is 18.1 Å². The van der Waals surface area contributed by atoms with Gasteiger partial charge in [-0.3, -0.25) is 9.59 Å². The summed E-state index contributed by atoms with van der Waals surface area (Å²) in [6.07, 6.45) is -2.86. The van der Waals surface area contributed by atoms with Gasteiger partial charge < -0.3 is 5.11 Å². The summed E-state index contributed by atoms with van der Waals surface area (Å²) in [5.74, 6) is -1.45. The number of Topliss-reactive ketones (excluding diaryl/α,β-unsaturated/α-hetero) is 2. The molecule has 1 atom stereocenters. The number of thioether (sulfide) groups is 1. The van der Waals surface area contributed by atoms with E-state index in [0.717, 1.165) is 30.8 Å². The number of alkyl halides is 3. The van der Waals surface area contributed by atoms with Crippen molar-refractivity contribution in [2.24, 2.45) is 0 Å². The summed E-state index contributed by atoms with van der Waals surface area (Å²) in [6, 6.07) is 4.61. The average molecular weight is 431 g/mol. The highest BCUT2D eigenvalue weighted by atomic mass is 79.9. The maximum absolute atomic E-state index is 12.7. The fraction of sp³-hybridized carbons (Fsp3) is 0.176. The van der Waals surface area contributed by atoms with Crippen molar-refractivity contribution in [3.63, 3.8) is 0 Å². The van der Waals surface area contributed by atoms with Crippen molar-refractivity contribution >= 4 is 44.2 Å². The lowest BCUT2D eigenvalue weighted by atomic mass is 9.81. The van der Waals surface area contributed by atoms with Gasteiger partial charge in [0.1, 0.15) is 0 Å². The lowest BCUT2D eigenvalue weighted by Gasteiger charge is -2.29. The van der Waals surface area contributed by atoms with Gasteiger partial charge in [0.2, 0.25) is 11.6 Å². The predicted octanol–water partition coefficient (Wildman–Crippen LogP) is 4.23. The van der Waals surface area contributed by atoms with E-state index in [-0.39, 0.29) is 10.1 Å². The number of ketones is 2. The van der Waals surface area contributed by atoms with Crippen LogP contribution in [-0.2, 0) is 15.8 Å². The van der Waals surface area contributed by atoms with Crippen molar-refractivity contribution in [3.05, 3.63) is 62.5 Å². The highest BCUT2D eigenvalue weighted by Gasteiger charge is 2.47. The summed E-state index contributed by atoms with van der Waals surface area (Å²) < 4.78 is 38.0. The quantitative estimate of drug-likeness (QED) is 0.677. The number of benzene rings is 1. The Balaban J connectivity index is 2.02. The second kappa shape index (κ2) is 5.96. The molecule has 25 heavy (non-hydrogen) atoms. The van der Waals surface area contributed by atoms with Crippen molar-refractivity contribution in [1.82, 2.24) is 0 Å². The maximum atomic E-state index is 12.7. The average Bonchev–Trinajstić information content (AvgIpc) is 2.57. The molecular weight excluding hydrogens is 421 g/mol. The molecule has 2 aliphatic rings. The van der Waals surface area contributed by atoms with Gasteiger partial charge in [-0.25, -0.2) is 0 Å². The van der Waals surface area contributed by atoms with Crippen molar-refractivity contribution in [2.75, 3.05) is 0 Å². The van der Waals surface area contributed by atoms with Crippen LogP contribution in [0.5, 0.6) is 0 Å². The maximum Gasteiger partial charge on any atom is 0.416 e. The lowest BCUT2D eigenvalue weighted by Crippen LogP contribution is -2.48. The summed E-state index contributed by atoms with van der Waals surface area (Å²) >= 11 is 4.25. The third-order valence-electron chi connectivity index (χ3n) is 3.93. The van der Waals surface area contributed by atoms with Crippen LogP contribution in [0.2, 0.25) is 0 Å². The molecule has 1 aliphatic carbocycles. The van der Waals surface area contributed by atoms with Gasteiger partial charge in [0, 0.05) is 16.1 Å². The van der Waals surface area contributed by atoms with Crippen LogP contribution >= 0.6 is 27.7 Å². The van der Waals surface area contributed by atoms with Crippen molar-refractivity contribution < 1.29 is 27.9 Å². The Morgan fingerprint density at radius 2 is 1.72 bits per heavy atom. The fourth-order valence-corrected chi connectivity index (χ4v) is 4.11. The monoisotopic (exact) mass is 430 g/mol. The van der Waals surface area contributed by atoms with Crippen LogP contribution in [0.4, 0.5) is 13.2 Å². The molecule has 3 rings (SSSR count). The summed E-state index contributed by atoms with van der Waals surface area (Å²) in [4.78, 5) is 25.0. The Morgan fingerprint density at radius 1 is 1.12 bits per heavy atom. The smallest absolute Gasteiger partial charge is 0.374 e. The molecule has 0 radical (unpaired) electrons. The third kappa shape index (κ3) is 3.02. The molecular formula is C17H10BrF3O3S. The minimum absolute atomic E-state index is 0.0630. The van der Waals surface area contributed by atoms with Crippen molar-refractivity contribution in [2.45, 2.75) is 18.7 Å². The molecule has 0 amide bonds. The number of allylic oxidation sites excluding steroid dienone is 2. The van der Waals surface area contributed by atoms with Crippen molar-refractivity contribution in [3.8, 4) is 0 Å². The summed E-state index contributed by atoms with van der Waals surface area (Å²) in [5, 5.41) is 11.6. The number of rotatable bonds is 1. The number of hydrogen-bond acceptors (Lipinski definition) is 4. The third-order valence-corrected chi connectivity index (χ3v) is 5.68. The first kappa shape index (κ1) is 18.2. The highest BCUT2D eigenvalue weighted by molar-refractivity contribution is 9.12. The largest absolute Gasteiger partial charge is 0.416 e. The number of fused-ring (bicyclic) bond motifs is 1. The van der Waals surface area contributed by atoms with Gasteiger partial charge in [-0.15, -0.1) is 0 Å². The van der Waals surface area contributed by atoms with E-state index >= 15 is 0 Å². The van der Waals surface area contributed by atoms with Crippen LogP contribution in [0.3, 0.4) is 0 Å². The summed E-state index contributed by atoms with van der Waals surface area (Å²) in [7, 11) is 0. The minimum Gasteiger partial charge on any atom is -0.374 e. The Labute approximate surface area is 153 Å². The molecule has 0 spiro atoms. The van der Waals surface area contributed by atoms with Gasteiger partial charge in [0.25, 0.3) is 0 Å². The number of aliphatic hydroxyl groups is 1. The van der Waals surface area contributed by atoms with Gasteiger partial charge in [0.15, 0.2) is 5.60 Å². The van der Waals surface area contributed by atoms with E-state index in [0.29, 0.717) is 16.0 Å². The van der Waals surface area contributed by atoms with E-state index in [4.69, 9.17) is 0 Å². The molecule has 3 nitrogen and oxygen atoms in total. The first-order chi connectivity index (χ1) is 11.5. The second-order valence-electron chi connectivity index (χ2n) is 5.69. The predicted molar refractivity (Wildman–Crippen MR) is 91.7 cm³/mol. The van der Waals surface area contributed by atoms with Crippen LogP contribution in [0, 0.1) is 0 Å². The van der Waals surface area contributed by atoms with Gasteiger partial charge in [-0.05, 0) is 52.0 Å². The standard InChI is InChI=1S/C17H10BrF3O3S/c1-16(24)14(22)11-7-25-12(6-10(11)13(18)15(16)23)8-2-4-9(5-3-8)17(19,20)21/h2-7,24H,1H3. The molecule has 1 heterocycles. The number of carbonyl (C=O) groups excluding carboxylic acids is 2. The number of halogens is 4. The topological polar surface area (TPSA) is 54.4 Å². The second-order valence-corrected chi connectivity index (χ2v) is 7.40. The van der Waals surface area contributed by atoms with Crippen LogP contribution in [-0.4, -0.2) is 22.3 Å². The van der Waals surface area contributed by atoms with Gasteiger partial charge in [0.05, 0.1) is 10.0 Å². The zero-order valence-corrected chi connectivity index (χ0v) is 15.1. The molecule has 1 aromatic carbocycles. The summed E-state index contributed by atoms with van der Waals surface area (Å²) in [5.41, 5.74) is -1.85. The molecule has 0 bridgehead atoms. The molecule has 1 unspecified atom stereocenters. The number of hydrogen-bond donors (Lipinski definition) is 1. The van der Waals surface area contributed by atoms with E-state index in [1.165, 1.54) is 17.5 Å². The van der Waals surface area contributed by atoms with Gasteiger partial charge in [-0.1, -0.05) is 23.9 Å². The van der Waals surface area contributed by atoms with E-state index in [1.807, 2.05) is 0 Å². The molecule has 1 aliphatic heterocycles. The first-order valence-electron chi connectivity index (χ1n) is 7.02. The Hall–Kier alpha value is -1.64. The first-order valence-corrected chi connectivity index (χ1v) is 8.69. The summed E-state index contributed by atoms with van der Waals surface area (Å²) in [6.45, 7) is 1.14.